The lowest BCUT2D eigenvalue weighted by Gasteiger charge is -2.13. The van der Waals surface area contributed by atoms with Crippen LogP contribution in [0.15, 0.2) is 24.3 Å². The normalized spacial score (nSPS) is 12.3. The first-order valence-electron chi connectivity index (χ1n) is 7.60. The topological polar surface area (TPSA) is 55.2 Å². The molecule has 0 bridgehead atoms. The number of unbranched alkanes of at least 4 members (excludes halogenated alkanes) is 3. The van der Waals surface area contributed by atoms with Crippen molar-refractivity contribution < 1.29 is 4.92 Å². The molecule has 0 radical (unpaired) electrons. The van der Waals surface area contributed by atoms with Crippen LogP contribution in [-0.4, -0.2) is 17.5 Å². The highest BCUT2D eigenvalue weighted by atomic mass is 16.6. The standard InChI is InChI=1S/C16H26N2O2/c1-3-4-5-6-9-14(2)17-13-12-15-10-7-8-11-16(15)18(19)20/h7-8,10-11,14,17H,3-6,9,12-13H2,1-2H3. The highest BCUT2D eigenvalue weighted by Gasteiger charge is 2.11. The third kappa shape index (κ3) is 6.15. The number of para-hydroxylation sites is 1. The van der Waals surface area contributed by atoms with Crippen LogP contribution in [0.5, 0.6) is 0 Å². The number of hydrogen-bond donors (Lipinski definition) is 1. The molecule has 4 heteroatoms. The van der Waals surface area contributed by atoms with Crippen molar-refractivity contribution >= 4 is 5.69 Å². The Hall–Kier alpha value is -1.42. The summed E-state index contributed by atoms with van der Waals surface area (Å²) in [6.45, 7) is 5.19. The van der Waals surface area contributed by atoms with E-state index in [1.165, 1.54) is 32.1 Å². The maximum absolute atomic E-state index is 10.9. The molecule has 1 aromatic carbocycles. The van der Waals surface area contributed by atoms with Crippen LogP contribution in [0.4, 0.5) is 5.69 Å². The molecule has 0 amide bonds. The predicted molar refractivity (Wildman–Crippen MR) is 83.0 cm³/mol. The van der Waals surface area contributed by atoms with E-state index in [4.69, 9.17) is 0 Å². The van der Waals surface area contributed by atoms with Crippen LogP contribution in [-0.2, 0) is 6.42 Å². The molecule has 0 aliphatic heterocycles. The Kier molecular flexibility index (Phi) is 7.88. The van der Waals surface area contributed by atoms with Crippen LogP contribution >= 0.6 is 0 Å². The van der Waals surface area contributed by atoms with Gasteiger partial charge in [0.25, 0.3) is 5.69 Å². The first-order valence-corrected chi connectivity index (χ1v) is 7.60. The molecule has 0 aromatic heterocycles. The van der Waals surface area contributed by atoms with E-state index in [-0.39, 0.29) is 10.6 Å². The third-order valence-corrected chi connectivity index (χ3v) is 3.57. The lowest BCUT2D eigenvalue weighted by molar-refractivity contribution is -0.385. The molecule has 112 valence electrons. The lowest BCUT2D eigenvalue weighted by atomic mass is 10.1. The first kappa shape index (κ1) is 16.6. The Morgan fingerprint density at radius 2 is 2.00 bits per heavy atom. The molecule has 1 rings (SSSR count). The van der Waals surface area contributed by atoms with Crippen molar-refractivity contribution in [1.29, 1.82) is 0 Å². The molecule has 1 N–H and O–H groups in total. The maximum Gasteiger partial charge on any atom is 0.272 e. The average molecular weight is 278 g/mol. The van der Waals surface area contributed by atoms with Gasteiger partial charge in [-0.3, -0.25) is 10.1 Å². The molecule has 0 saturated carbocycles. The summed E-state index contributed by atoms with van der Waals surface area (Å²) in [6.07, 6.45) is 7.01. The largest absolute Gasteiger partial charge is 0.314 e. The Balaban J connectivity index is 2.28. The van der Waals surface area contributed by atoms with Gasteiger partial charge in [0, 0.05) is 17.7 Å². The minimum atomic E-state index is -0.302. The number of nitro benzene ring substituents is 1. The predicted octanol–water partition coefficient (Wildman–Crippen LogP) is 4.09. The fraction of sp³-hybridized carbons (Fsp3) is 0.625. The molecule has 20 heavy (non-hydrogen) atoms. The average Bonchev–Trinajstić information content (AvgIpc) is 2.44. The van der Waals surface area contributed by atoms with Gasteiger partial charge in [-0.05, 0) is 26.3 Å². The molecular formula is C16H26N2O2. The number of nitrogens with zero attached hydrogens (tertiary/aromatic N) is 1. The number of nitrogens with one attached hydrogen (secondary N) is 1. The maximum atomic E-state index is 10.9. The Morgan fingerprint density at radius 1 is 1.25 bits per heavy atom. The van der Waals surface area contributed by atoms with E-state index in [2.05, 4.69) is 19.2 Å². The molecule has 0 fully saturated rings. The van der Waals surface area contributed by atoms with E-state index in [9.17, 15) is 10.1 Å². The summed E-state index contributed by atoms with van der Waals surface area (Å²) in [5, 5.41) is 14.4. The van der Waals surface area contributed by atoms with Gasteiger partial charge in [-0.15, -0.1) is 0 Å². The summed E-state index contributed by atoms with van der Waals surface area (Å²) < 4.78 is 0. The highest BCUT2D eigenvalue weighted by Crippen LogP contribution is 2.17. The van der Waals surface area contributed by atoms with Crippen molar-refractivity contribution in [3.05, 3.63) is 39.9 Å². The van der Waals surface area contributed by atoms with Gasteiger partial charge >= 0.3 is 0 Å². The second-order valence-corrected chi connectivity index (χ2v) is 5.34. The zero-order chi connectivity index (χ0) is 14.8. The highest BCUT2D eigenvalue weighted by molar-refractivity contribution is 5.39. The van der Waals surface area contributed by atoms with E-state index < -0.39 is 0 Å². The molecule has 4 nitrogen and oxygen atoms in total. The van der Waals surface area contributed by atoms with Gasteiger partial charge in [-0.2, -0.15) is 0 Å². The molecule has 1 aromatic rings. The SMILES string of the molecule is CCCCCCC(C)NCCc1ccccc1[N+](=O)[O-]. The van der Waals surface area contributed by atoms with Gasteiger partial charge in [-0.1, -0.05) is 50.8 Å². The quantitative estimate of drug-likeness (QED) is 0.398. The minimum absolute atomic E-state index is 0.227. The van der Waals surface area contributed by atoms with Crippen molar-refractivity contribution in [2.45, 2.75) is 58.4 Å². The number of benzene rings is 1. The summed E-state index contributed by atoms with van der Waals surface area (Å²) >= 11 is 0. The fourth-order valence-corrected chi connectivity index (χ4v) is 2.33. The fourth-order valence-electron chi connectivity index (χ4n) is 2.33. The van der Waals surface area contributed by atoms with Crippen molar-refractivity contribution in [3.63, 3.8) is 0 Å². The van der Waals surface area contributed by atoms with Crippen LogP contribution in [0.2, 0.25) is 0 Å². The smallest absolute Gasteiger partial charge is 0.272 e. The Labute approximate surface area is 121 Å². The van der Waals surface area contributed by atoms with E-state index in [1.54, 1.807) is 12.1 Å². The van der Waals surface area contributed by atoms with E-state index >= 15 is 0 Å². The van der Waals surface area contributed by atoms with Gasteiger partial charge in [0.1, 0.15) is 0 Å². The third-order valence-electron chi connectivity index (χ3n) is 3.57. The van der Waals surface area contributed by atoms with Gasteiger partial charge in [0.05, 0.1) is 4.92 Å². The second kappa shape index (κ2) is 9.48. The van der Waals surface area contributed by atoms with Gasteiger partial charge in [0.15, 0.2) is 0 Å². The lowest BCUT2D eigenvalue weighted by Crippen LogP contribution is -2.28. The molecule has 0 saturated heterocycles. The summed E-state index contributed by atoms with van der Waals surface area (Å²) in [6, 6.07) is 7.46. The van der Waals surface area contributed by atoms with E-state index in [0.717, 1.165) is 12.1 Å². The zero-order valence-electron chi connectivity index (χ0n) is 12.6. The number of nitro groups is 1. The Morgan fingerprint density at radius 3 is 2.70 bits per heavy atom. The molecule has 0 aliphatic rings. The zero-order valence-corrected chi connectivity index (χ0v) is 12.6. The van der Waals surface area contributed by atoms with Crippen molar-refractivity contribution in [2.75, 3.05) is 6.54 Å². The number of hydrogen-bond acceptors (Lipinski definition) is 3. The Bertz CT molecular complexity index is 407. The molecule has 0 aliphatic carbocycles. The number of rotatable bonds is 10. The molecular weight excluding hydrogens is 252 g/mol. The van der Waals surface area contributed by atoms with Crippen molar-refractivity contribution in [3.8, 4) is 0 Å². The van der Waals surface area contributed by atoms with Crippen molar-refractivity contribution in [2.24, 2.45) is 0 Å². The van der Waals surface area contributed by atoms with E-state index in [1.807, 2.05) is 12.1 Å². The van der Waals surface area contributed by atoms with Gasteiger partial charge in [0.2, 0.25) is 0 Å². The monoisotopic (exact) mass is 278 g/mol. The molecule has 1 atom stereocenters. The second-order valence-electron chi connectivity index (χ2n) is 5.34. The van der Waals surface area contributed by atoms with Gasteiger partial charge in [-0.25, -0.2) is 0 Å². The first-order chi connectivity index (χ1) is 9.65. The summed E-state index contributed by atoms with van der Waals surface area (Å²) in [5.41, 5.74) is 1.04. The van der Waals surface area contributed by atoms with Gasteiger partial charge < -0.3 is 5.32 Å². The van der Waals surface area contributed by atoms with Crippen molar-refractivity contribution in [1.82, 2.24) is 5.32 Å². The van der Waals surface area contributed by atoms with Crippen LogP contribution in [0.25, 0.3) is 0 Å². The van der Waals surface area contributed by atoms with Crippen LogP contribution < -0.4 is 5.32 Å². The molecule has 0 spiro atoms. The molecule has 1 unspecified atom stereocenters. The molecule has 0 heterocycles. The summed E-state index contributed by atoms with van der Waals surface area (Å²) in [7, 11) is 0. The summed E-state index contributed by atoms with van der Waals surface area (Å²) in [5.74, 6) is 0. The van der Waals surface area contributed by atoms with E-state index in [0.29, 0.717) is 12.5 Å². The summed E-state index contributed by atoms with van der Waals surface area (Å²) in [4.78, 5) is 10.6. The van der Waals surface area contributed by atoms with Crippen LogP contribution in [0.3, 0.4) is 0 Å². The van der Waals surface area contributed by atoms with Crippen LogP contribution in [0.1, 0.15) is 51.5 Å². The van der Waals surface area contributed by atoms with Crippen LogP contribution in [0, 0.1) is 10.1 Å². The minimum Gasteiger partial charge on any atom is -0.314 e.